The highest BCUT2D eigenvalue weighted by molar-refractivity contribution is 5.23. The van der Waals surface area contributed by atoms with Crippen molar-refractivity contribution < 1.29 is 4.39 Å². The van der Waals surface area contributed by atoms with E-state index in [0.29, 0.717) is 0 Å². The minimum absolute atomic E-state index is 0.194. The first kappa shape index (κ1) is 11.6. The lowest BCUT2D eigenvalue weighted by molar-refractivity contribution is 0.349. The molecule has 88 valence electrons. The number of benzene rings is 1. The zero-order chi connectivity index (χ0) is 11.6. The summed E-state index contributed by atoms with van der Waals surface area (Å²) in [5, 5.41) is 0. The summed E-state index contributed by atoms with van der Waals surface area (Å²) in [5.41, 5.74) is 7.07. The van der Waals surface area contributed by atoms with Crippen LogP contribution in [-0.2, 0) is 5.54 Å². The van der Waals surface area contributed by atoms with Crippen LogP contribution in [0.5, 0.6) is 0 Å². The second kappa shape index (κ2) is 4.54. The van der Waals surface area contributed by atoms with Crippen molar-refractivity contribution in [2.75, 3.05) is 0 Å². The van der Waals surface area contributed by atoms with E-state index in [-0.39, 0.29) is 11.4 Å². The fourth-order valence-electron chi connectivity index (χ4n) is 2.76. The van der Waals surface area contributed by atoms with Crippen LogP contribution in [0.1, 0.15) is 44.6 Å². The zero-order valence-corrected chi connectivity index (χ0v) is 9.88. The highest BCUT2D eigenvalue weighted by Gasteiger charge is 2.27. The van der Waals surface area contributed by atoms with Gasteiger partial charge in [0.2, 0.25) is 0 Å². The van der Waals surface area contributed by atoms with Gasteiger partial charge in [0.1, 0.15) is 5.82 Å². The third-order valence-corrected chi connectivity index (χ3v) is 3.69. The number of hydrogen-bond donors (Lipinski definition) is 1. The molecular weight excluding hydrogens is 201 g/mol. The Morgan fingerprint density at radius 2 is 1.81 bits per heavy atom. The van der Waals surface area contributed by atoms with Gasteiger partial charge in [0.05, 0.1) is 0 Å². The number of halogens is 1. The van der Waals surface area contributed by atoms with E-state index in [1.807, 2.05) is 12.1 Å². The summed E-state index contributed by atoms with van der Waals surface area (Å²) in [6.07, 6.45) is 6.29. The van der Waals surface area contributed by atoms with Crippen LogP contribution in [0.2, 0.25) is 0 Å². The van der Waals surface area contributed by atoms with Crippen LogP contribution in [0.15, 0.2) is 24.3 Å². The Hall–Kier alpha value is -0.890. The van der Waals surface area contributed by atoms with Crippen molar-refractivity contribution in [3.63, 3.8) is 0 Å². The Morgan fingerprint density at radius 1 is 1.25 bits per heavy atom. The smallest absolute Gasteiger partial charge is 0.123 e. The van der Waals surface area contributed by atoms with E-state index >= 15 is 0 Å². The maximum Gasteiger partial charge on any atom is 0.123 e. The summed E-state index contributed by atoms with van der Waals surface area (Å²) in [6, 6.07) is 6.61. The van der Waals surface area contributed by atoms with Crippen LogP contribution in [0.4, 0.5) is 4.39 Å². The lowest BCUT2D eigenvalue weighted by Crippen LogP contribution is -2.34. The Kier molecular flexibility index (Phi) is 3.29. The molecule has 0 bridgehead atoms. The average molecular weight is 221 g/mol. The molecule has 1 saturated carbocycles. The predicted octanol–water partition coefficient (Wildman–Crippen LogP) is 3.58. The molecule has 1 atom stereocenters. The Labute approximate surface area is 96.9 Å². The van der Waals surface area contributed by atoms with E-state index < -0.39 is 0 Å². The second-order valence-electron chi connectivity index (χ2n) is 5.28. The lowest BCUT2D eigenvalue weighted by atomic mass is 9.83. The van der Waals surface area contributed by atoms with Crippen molar-refractivity contribution in [3.8, 4) is 0 Å². The first-order chi connectivity index (χ1) is 7.58. The maximum atomic E-state index is 12.8. The third-order valence-electron chi connectivity index (χ3n) is 3.69. The van der Waals surface area contributed by atoms with Gasteiger partial charge in [-0.3, -0.25) is 0 Å². The Bertz CT molecular complexity index is 336. The molecule has 2 N–H and O–H groups in total. The van der Waals surface area contributed by atoms with Crippen molar-refractivity contribution in [3.05, 3.63) is 35.6 Å². The minimum atomic E-state index is -0.317. The number of hydrogen-bond acceptors (Lipinski definition) is 1. The van der Waals surface area contributed by atoms with E-state index in [2.05, 4.69) is 6.92 Å². The SMILES string of the molecule is CC(N)(CC1CCCC1)c1ccc(F)cc1. The summed E-state index contributed by atoms with van der Waals surface area (Å²) >= 11 is 0. The molecular formula is C14H20FN. The predicted molar refractivity (Wildman–Crippen MR) is 64.5 cm³/mol. The third kappa shape index (κ3) is 2.62. The van der Waals surface area contributed by atoms with Crippen molar-refractivity contribution in [2.45, 2.75) is 44.6 Å². The number of nitrogens with two attached hydrogens (primary N) is 1. The normalized spacial score (nSPS) is 20.9. The van der Waals surface area contributed by atoms with Crippen LogP contribution in [-0.4, -0.2) is 0 Å². The van der Waals surface area contributed by atoms with Gasteiger partial charge in [0, 0.05) is 5.54 Å². The van der Waals surface area contributed by atoms with Gasteiger partial charge < -0.3 is 5.73 Å². The summed E-state index contributed by atoms with van der Waals surface area (Å²) in [5.74, 6) is 0.556. The first-order valence-corrected chi connectivity index (χ1v) is 6.13. The lowest BCUT2D eigenvalue weighted by Gasteiger charge is -2.28. The average Bonchev–Trinajstić information content (AvgIpc) is 2.70. The van der Waals surface area contributed by atoms with Gasteiger partial charge in [-0.1, -0.05) is 37.8 Å². The molecule has 0 heterocycles. The first-order valence-electron chi connectivity index (χ1n) is 6.13. The highest BCUT2D eigenvalue weighted by atomic mass is 19.1. The molecule has 1 aliphatic carbocycles. The zero-order valence-electron chi connectivity index (χ0n) is 9.88. The van der Waals surface area contributed by atoms with E-state index in [1.54, 1.807) is 0 Å². The van der Waals surface area contributed by atoms with Gasteiger partial charge in [0.25, 0.3) is 0 Å². The molecule has 1 nitrogen and oxygen atoms in total. The minimum Gasteiger partial charge on any atom is -0.322 e. The van der Waals surface area contributed by atoms with Crippen molar-refractivity contribution in [2.24, 2.45) is 11.7 Å². The van der Waals surface area contributed by atoms with Crippen LogP contribution < -0.4 is 5.73 Å². The quantitative estimate of drug-likeness (QED) is 0.829. The Balaban J connectivity index is 2.07. The maximum absolute atomic E-state index is 12.8. The van der Waals surface area contributed by atoms with Crippen molar-refractivity contribution in [1.29, 1.82) is 0 Å². The topological polar surface area (TPSA) is 26.0 Å². The summed E-state index contributed by atoms with van der Waals surface area (Å²) in [4.78, 5) is 0. The molecule has 1 unspecified atom stereocenters. The van der Waals surface area contributed by atoms with Crippen LogP contribution in [0.25, 0.3) is 0 Å². The molecule has 1 fully saturated rings. The molecule has 0 spiro atoms. The summed E-state index contributed by atoms with van der Waals surface area (Å²) < 4.78 is 12.8. The van der Waals surface area contributed by atoms with Crippen LogP contribution in [0, 0.1) is 11.7 Å². The molecule has 0 saturated heterocycles. The molecule has 2 rings (SSSR count). The molecule has 16 heavy (non-hydrogen) atoms. The van der Waals surface area contributed by atoms with Crippen molar-refractivity contribution >= 4 is 0 Å². The van der Waals surface area contributed by atoms with E-state index in [4.69, 9.17) is 5.73 Å². The van der Waals surface area contributed by atoms with E-state index in [0.717, 1.165) is 17.9 Å². The number of rotatable bonds is 3. The molecule has 1 aromatic carbocycles. The van der Waals surface area contributed by atoms with Gasteiger partial charge in [-0.05, 0) is 37.0 Å². The van der Waals surface area contributed by atoms with Gasteiger partial charge in [-0.2, -0.15) is 0 Å². The highest BCUT2D eigenvalue weighted by Crippen LogP contribution is 2.34. The molecule has 0 aromatic heterocycles. The molecule has 1 aromatic rings. The van der Waals surface area contributed by atoms with Gasteiger partial charge in [-0.15, -0.1) is 0 Å². The molecule has 0 amide bonds. The Morgan fingerprint density at radius 3 is 2.38 bits per heavy atom. The monoisotopic (exact) mass is 221 g/mol. The van der Waals surface area contributed by atoms with Gasteiger partial charge in [-0.25, -0.2) is 4.39 Å². The fourth-order valence-corrected chi connectivity index (χ4v) is 2.76. The van der Waals surface area contributed by atoms with Crippen LogP contribution >= 0.6 is 0 Å². The fraction of sp³-hybridized carbons (Fsp3) is 0.571. The molecule has 0 aliphatic heterocycles. The second-order valence-corrected chi connectivity index (χ2v) is 5.28. The molecule has 0 radical (unpaired) electrons. The summed E-state index contributed by atoms with van der Waals surface area (Å²) in [6.45, 7) is 2.05. The van der Waals surface area contributed by atoms with E-state index in [9.17, 15) is 4.39 Å². The van der Waals surface area contributed by atoms with Gasteiger partial charge >= 0.3 is 0 Å². The van der Waals surface area contributed by atoms with E-state index in [1.165, 1.54) is 37.8 Å². The van der Waals surface area contributed by atoms with Crippen LogP contribution in [0.3, 0.4) is 0 Å². The standard InChI is InChI=1S/C14H20FN/c1-14(16,10-11-4-2-3-5-11)12-6-8-13(15)9-7-12/h6-9,11H,2-5,10,16H2,1H3. The largest absolute Gasteiger partial charge is 0.322 e. The summed E-state index contributed by atoms with van der Waals surface area (Å²) in [7, 11) is 0. The molecule has 2 heteroatoms. The molecule has 1 aliphatic rings. The van der Waals surface area contributed by atoms with Crippen molar-refractivity contribution in [1.82, 2.24) is 0 Å². The van der Waals surface area contributed by atoms with Gasteiger partial charge in [0.15, 0.2) is 0 Å².